The number of benzene rings is 1. The van der Waals surface area contributed by atoms with Crippen molar-refractivity contribution in [2.45, 2.75) is 6.42 Å². The standard InChI is InChI=1S/C9H8O2/c10-9(11)7-6-8-4-2-1-3-5-8/h1-5H,6H2,(H,10,11). The van der Waals surface area contributed by atoms with Gasteiger partial charge in [0.15, 0.2) is 0 Å². The number of hydrogen-bond donors (Lipinski definition) is 1. The minimum Gasteiger partial charge on any atom is -0.481 e. The molecule has 0 bridgehead atoms. The molecule has 0 aromatic heterocycles. The summed E-state index contributed by atoms with van der Waals surface area (Å²) in [5.41, 5.74) is 0.968. The lowest BCUT2D eigenvalue weighted by atomic mass is 10.1. The van der Waals surface area contributed by atoms with Crippen LogP contribution in [0.15, 0.2) is 30.3 Å². The van der Waals surface area contributed by atoms with Crippen molar-refractivity contribution >= 4 is 5.97 Å². The summed E-state index contributed by atoms with van der Waals surface area (Å²) in [5, 5.41) is 8.26. The molecule has 1 rings (SSSR count). The molecule has 0 aliphatic heterocycles. The molecule has 0 fully saturated rings. The van der Waals surface area contributed by atoms with Gasteiger partial charge in [0.1, 0.15) is 6.42 Å². The van der Waals surface area contributed by atoms with Crippen LogP contribution < -0.4 is 0 Å². The van der Waals surface area contributed by atoms with Crippen LogP contribution in [0.5, 0.6) is 0 Å². The van der Waals surface area contributed by atoms with E-state index in [2.05, 4.69) is 6.42 Å². The lowest BCUT2D eigenvalue weighted by Gasteiger charge is -1.94. The monoisotopic (exact) mass is 148 g/mol. The van der Waals surface area contributed by atoms with Crippen LogP contribution in [0.4, 0.5) is 0 Å². The first-order valence-corrected chi connectivity index (χ1v) is 3.30. The van der Waals surface area contributed by atoms with Gasteiger partial charge in [-0.3, -0.25) is 4.79 Å². The van der Waals surface area contributed by atoms with E-state index in [0.717, 1.165) is 5.56 Å². The lowest BCUT2D eigenvalue weighted by Crippen LogP contribution is -1.98. The van der Waals surface area contributed by atoms with E-state index in [-0.39, 0.29) is 0 Å². The van der Waals surface area contributed by atoms with E-state index in [1.165, 1.54) is 0 Å². The molecule has 1 N–H and O–H groups in total. The minimum atomic E-state index is -0.992. The Balaban J connectivity index is 2.45. The van der Waals surface area contributed by atoms with Crippen molar-refractivity contribution in [2.24, 2.45) is 0 Å². The van der Waals surface area contributed by atoms with Gasteiger partial charge in [0.25, 0.3) is 0 Å². The van der Waals surface area contributed by atoms with E-state index in [1.807, 2.05) is 30.3 Å². The highest BCUT2D eigenvalue weighted by Gasteiger charge is 1.98. The average Bonchev–Trinajstić information content (AvgIpc) is 2.03. The Morgan fingerprint density at radius 3 is 2.55 bits per heavy atom. The summed E-state index contributed by atoms with van der Waals surface area (Å²) in [4.78, 5) is 10.1. The maximum Gasteiger partial charge on any atom is 0.312 e. The topological polar surface area (TPSA) is 37.3 Å². The van der Waals surface area contributed by atoms with Crippen molar-refractivity contribution < 1.29 is 9.90 Å². The van der Waals surface area contributed by atoms with Gasteiger partial charge in [0.05, 0.1) is 0 Å². The fourth-order valence-corrected chi connectivity index (χ4v) is 0.774. The molecule has 56 valence electrons. The molecule has 0 saturated heterocycles. The highest BCUT2D eigenvalue weighted by Crippen LogP contribution is 2.00. The van der Waals surface area contributed by atoms with E-state index in [0.29, 0.717) is 6.42 Å². The van der Waals surface area contributed by atoms with Gasteiger partial charge in [-0.25, -0.2) is 0 Å². The van der Waals surface area contributed by atoms with Gasteiger partial charge in [0, 0.05) is 0 Å². The predicted octanol–water partition coefficient (Wildman–Crippen LogP) is 1.39. The van der Waals surface area contributed by atoms with E-state index in [9.17, 15) is 4.79 Å². The first-order valence-electron chi connectivity index (χ1n) is 3.30. The summed E-state index contributed by atoms with van der Waals surface area (Å²) < 4.78 is 0. The van der Waals surface area contributed by atoms with E-state index in [4.69, 9.17) is 5.11 Å². The third-order valence-corrected chi connectivity index (χ3v) is 1.29. The van der Waals surface area contributed by atoms with Crippen LogP contribution in [-0.2, 0) is 11.2 Å². The van der Waals surface area contributed by atoms with Crippen LogP contribution in [0.3, 0.4) is 0 Å². The molecule has 11 heavy (non-hydrogen) atoms. The van der Waals surface area contributed by atoms with Crippen LogP contribution in [0, 0.1) is 6.42 Å². The quantitative estimate of drug-likeness (QED) is 0.703. The Morgan fingerprint density at radius 1 is 1.36 bits per heavy atom. The average molecular weight is 148 g/mol. The zero-order valence-corrected chi connectivity index (χ0v) is 5.95. The van der Waals surface area contributed by atoms with Crippen molar-refractivity contribution in [2.75, 3.05) is 0 Å². The summed E-state index contributed by atoms with van der Waals surface area (Å²) in [6.45, 7) is 0. The molecule has 0 saturated carbocycles. The van der Waals surface area contributed by atoms with E-state index < -0.39 is 5.97 Å². The smallest absolute Gasteiger partial charge is 0.312 e. The number of carboxylic acids is 1. The summed E-state index contributed by atoms with van der Waals surface area (Å²) >= 11 is 0. The SMILES string of the molecule is O=C(O)[C]Cc1ccccc1. The number of carbonyl (C=O) groups is 1. The van der Waals surface area contributed by atoms with Crippen molar-refractivity contribution in [3.05, 3.63) is 42.3 Å². The second-order valence-electron chi connectivity index (χ2n) is 2.14. The number of carboxylic acid groups (broad SMARTS) is 1. The first-order chi connectivity index (χ1) is 5.29. The van der Waals surface area contributed by atoms with E-state index >= 15 is 0 Å². The summed E-state index contributed by atoms with van der Waals surface area (Å²) in [6, 6.07) is 9.38. The fraction of sp³-hybridized carbons (Fsp3) is 0.111. The molecular formula is C9H8O2. The van der Waals surface area contributed by atoms with Gasteiger partial charge in [-0.2, -0.15) is 0 Å². The molecular weight excluding hydrogens is 140 g/mol. The first kappa shape index (κ1) is 7.79. The Labute approximate surface area is 65.5 Å². The number of hydrogen-bond acceptors (Lipinski definition) is 1. The molecule has 1 aromatic carbocycles. The molecule has 2 nitrogen and oxygen atoms in total. The molecule has 0 atom stereocenters. The van der Waals surface area contributed by atoms with Crippen molar-refractivity contribution in [1.29, 1.82) is 0 Å². The number of rotatable bonds is 3. The van der Waals surface area contributed by atoms with Gasteiger partial charge in [-0.15, -0.1) is 0 Å². The van der Waals surface area contributed by atoms with Crippen LogP contribution in [0.25, 0.3) is 0 Å². The molecule has 1 aromatic rings. The summed E-state index contributed by atoms with van der Waals surface area (Å²) in [5.74, 6) is -0.992. The maximum absolute atomic E-state index is 10.1. The zero-order valence-electron chi connectivity index (χ0n) is 5.95. The second kappa shape index (κ2) is 3.76. The van der Waals surface area contributed by atoms with Crippen LogP contribution >= 0.6 is 0 Å². The van der Waals surface area contributed by atoms with Crippen molar-refractivity contribution in [3.63, 3.8) is 0 Å². The normalized spacial score (nSPS) is 9.45. The molecule has 2 radical (unpaired) electrons. The molecule has 0 aliphatic rings. The number of aliphatic carboxylic acids is 1. The fourth-order valence-electron chi connectivity index (χ4n) is 0.774. The van der Waals surface area contributed by atoms with Gasteiger partial charge in [-0.1, -0.05) is 30.3 Å². The Kier molecular flexibility index (Phi) is 2.66. The van der Waals surface area contributed by atoms with Gasteiger partial charge >= 0.3 is 5.97 Å². The second-order valence-corrected chi connectivity index (χ2v) is 2.14. The third-order valence-electron chi connectivity index (χ3n) is 1.29. The molecule has 0 unspecified atom stereocenters. The highest BCUT2D eigenvalue weighted by atomic mass is 16.4. The molecule has 0 aliphatic carbocycles. The van der Waals surface area contributed by atoms with Gasteiger partial charge in [0.2, 0.25) is 0 Å². The van der Waals surface area contributed by atoms with Crippen LogP contribution in [-0.4, -0.2) is 11.1 Å². The van der Waals surface area contributed by atoms with Crippen LogP contribution in [0.2, 0.25) is 0 Å². The minimum absolute atomic E-state index is 0.371. The Hall–Kier alpha value is -1.31. The maximum atomic E-state index is 10.1. The largest absolute Gasteiger partial charge is 0.481 e. The van der Waals surface area contributed by atoms with Crippen molar-refractivity contribution in [1.82, 2.24) is 0 Å². The van der Waals surface area contributed by atoms with Gasteiger partial charge in [-0.05, 0) is 12.0 Å². The molecule has 0 amide bonds. The zero-order chi connectivity index (χ0) is 8.10. The third kappa shape index (κ3) is 2.85. The van der Waals surface area contributed by atoms with E-state index in [1.54, 1.807) is 0 Å². The summed E-state index contributed by atoms with van der Waals surface area (Å²) in [6.07, 6.45) is 2.65. The summed E-state index contributed by atoms with van der Waals surface area (Å²) in [7, 11) is 0. The Bertz CT molecular complexity index is 229. The Morgan fingerprint density at radius 2 is 2.00 bits per heavy atom. The molecule has 2 heteroatoms. The lowest BCUT2D eigenvalue weighted by molar-refractivity contribution is -0.133. The highest BCUT2D eigenvalue weighted by molar-refractivity contribution is 5.76. The predicted molar refractivity (Wildman–Crippen MR) is 41.0 cm³/mol. The van der Waals surface area contributed by atoms with Crippen LogP contribution in [0.1, 0.15) is 5.56 Å². The molecule has 0 spiro atoms. The molecule has 0 heterocycles. The van der Waals surface area contributed by atoms with Gasteiger partial charge < -0.3 is 5.11 Å². The van der Waals surface area contributed by atoms with Crippen molar-refractivity contribution in [3.8, 4) is 0 Å².